The highest BCUT2D eigenvalue weighted by atomic mass is 127. The molecule has 1 aliphatic heterocycles. The second kappa shape index (κ2) is 10.2. The molecule has 0 atom stereocenters. The van der Waals surface area contributed by atoms with E-state index in [1.165, 1.54) is 4.90 Å². The van der Waals surface area contributed by atoms with Gasteiger partial charge < -0.3 is 9.47 Å². The van der Waals surface area contributed by atoms with E-state index in [1.807, 2.05) is 66.7 Å². The Labute approximate surface area is 204 Å². The van der Waals surface area contributed by atoms with E-state index in [0.717, 1.165) is 32.0 Å². The predicted octanol–water partition coefficient (Wildman–Crippen LogP) is 6.12. The highest BCUT2D eigenvalue weighted by molar-refractivity contribution is 14.1. The second-order valence-corrected chi connectivity index (χ2v) is 9.32. The average molecular weight is 557 g/mol. The fourth-order valence-electron chi connectivity index (χ4n) is 3.19. The van der Waals surface area contributed by atoms with Crippen molar-refractivity contribution in [3.8, 4) is 11.5 Å². The first-order valence-corrected chi connectivity index (χ1v) is 11.8. The van der Waals surface area contributed by atoms with Crippen molar-refractivity contribution in [2.24, 2.45) is 0 Å². The lowest BCUT2D eigenvalue weighted by atomic mass is 10.1. The number of amides is 2. The van der Waals surface area contributed by atoms with Crippen molar-refractivity contribution >= 4 is 51.6 Å². The first-order chi connectivity index (χ1) is 15.5. The molecule has 32 heavy (non-hydrogen) atoms. The Balaban J connectivity index is 1.48. The first-order valence-electron chi connectivity index (χ1n) is 9.88. The highest BCUT2D eigenvalue weighted by Crippen LogP contribution is 2.35. The maximum atomic E-state index is 12.8. The van der Waals surface area contributed by atoms with Gasteiger partial charge in [-0.15, -0.1) is 0 Å². The van der Waals surface area contributed by atoms with Crippen molar-refractivity contribution in [3.05, 3.63) is 98.0 Å². The third-order valence-electron chi connectivity index (χ3n) is 4.85. The molecule has 1 saturated heterocycles. The molecule has 0 saturated carbocycles. The molecule has 4 rings (SSSR count). The van der Waals surface area contributed by atoms with Crippen LogP contribution in [0.3, 0.4) is 0 Å². The summed E-state index contributed by atoms with van der Waals surface area (Å²) in [5.41, 5.74) is 2.73. The number of hydrogen-bond acceptors (Lipinski definition) is 5. The minimum atomic E-state index is -0.290. The number of carbonyl (C=O) groups is 2. The summed E-state index contributed by atoms with van der Waals surface area (Å²) in [6.07, 6.45) is 1.71. The number of hydrogen-bond donors (Lipinski definition) is 0. The zero-order valence-corrected chi connectivity index (χ0v) is 20.3. The molecule has 0 unspecified atom stereocenters. The fraction of sp³-hybridized carbons (Fsp3) is 0.120. The normalized spacial score (nSPS) is 14.8. The Hall–Kier alpha value is -2.78. The van der Waals surface area contributed by atoms with Gasteiger partial charge in [-0.05, 0) is 81.4 Å². The van der Waals surface area contributed by atoms with Gasteiger partial charge in [0.2, 0.25) is 0 Å². The summed E-state index contributed by atoms with van der Waals surface area (Å²) >= 11 is 3.17. The van der Waals surface area contributed by atoms with E-state index in [2.05, 4.69) is 22.6 Å². The Bertz CT molecular complexity index is 1160. The van der Waals surface area contributed by atoms with E-state index >= 15 is 0 Å². The van der Waals surface area contributed by atoms with Crippen molar-refractivity contribution in [2.75, 3.05) is 7.11 Å². The lowest BCUT2D eigenvalue weighted by molar-refractivity contribution is -0.123. The second-order valence-electron chi connectivity index (χ2n) is 7.08. The maximum absolute atomic E-state index is 12.8. The first kappa shape index (κ1) is 22.4. The molecule has 0 aromatic heterocycles. The van der Waals surface area contributed by atoms with Crippen LogP contribution in [0.15, 0.2) is 77.7 Å². The zero-order chi connectivity index (χ0) is 22.5. The minimum Gasteiger partial charge on any atom is -0.493 e. The standard InChI is InChI=1S/C25H20INO4S/c1-30-22-13-19(9-12-21(22)31-16-18-5-3-2-4-6-18)14-23-24(28)27(25(29)32-23)15-17-7-10-20(26)11-8-17/h2-14H,15-16H2,1H3/b23-14+. The van der Waals surface area contributed by atoms with Crippen molar-refractivity contribution < 1.29 is 19.1 Å². The molecule has 3 aromatic carbocycles. The average Bonchev–Trinajstić information content (AvgIpc) is 3.07. The molecule has 5 nitrogen and oxygen atoms in total. The van der Waals surface area contributed by atoms with Crippen LogP contribution in [-0.2, 0) is 17.9 Å². The molecule has 1 aliphatic rings. The zero-order valence-electron chi connectivity index (χ0n) is 17.3. The van der Waals surface area contributed by atoms with Crippen LogP contribution < -0.4 is 9.47 Å². The van der Waals surface area contributed by atoms with E-state index in [1.54, 1.807) is 19.3 Å². The summed E-state index contributed by atoms with van der Waals surface area (Å²) in [6.45, 7) is 0.683. The van der Waals surface area contributed by atoms with Gasteiger partial charge in [-0.25, -0.2) is 0 Å². The van der Waals surface area contributed by atoms with Crippen LogP contribution in [0.25, 0.3) is 6.08 Å². The van der Waals surface area contributed by atoms with Gasteiger partial charge in [-0.3, -0.25) is 14.5 Å². The van der Waals surface area contributed by atoms with Crippen LogP contribution in [0, 0.1) is 3.57 Å². The smallest absolute Gasteiger partial charge is 0.293 e. The molecule has 0 bridgehead atoms. The van der Waals surface area contributed by atoms with Gasteiger partial charge in [0.05, 0.1) is 18.6 Å². The van der Waals surface area contributed by atoms with Gasteiger partial charge in [-0.2, -0.15) is 0 Å². The number of halogens is 1. The number of thioether (sulfide) groups is 1. The number of methoxy groups -OCH3 is 1. The molecule has 162 valence electrons. The van der Waals surface area contributed by atoms with E-state index in [0.29, 0.717) is 23.0 Å². The summed E-state index contributed by atoms with van der Waals surface area (Å²) < 4.78 is 12.5. The third kappa shape index (κ3) is 5.34. The van der Waals surface area contributed by atoms with Gasteiger partial charge >= 0.3 is 0 Å². The highest BCUT2D eigenvalue weighted by Gasteiger charge is 2.35. The fourth-order valence-corrected chi connectivity index (χ4v) is 4.39. The maximum Gasteiger partial charge on any atom is 0.293 e. The van der Waals surface area contributed by atoms with Gasteiger partial charge in [-0.1, -0.05) is 48.5 Å². The van der Waals surface area contributed by atoms with E-state index in [-0.39, 0.29) is 17.7 Å². The van der Waals surface area contributed by atoms with Crippen molar-refractivity contribution in [1.82, 2.24) is 4.90 Å². The molecular formula is C25H20INO4S. The molecular weight excluding hydrogens is 537 g/mol. The molecule has 0 aliphatic carbocycles. The van der Waals surface area contributed by atoms with Crippen molar-refractivity contribution in [1.29, 1.82) is 0 Å². The summed E-state index contributed by atoms with van der Waals surface area (Å²) in [7, 11) is 1.57. The number of benzene rings is 3. The molecule has 1 fully saturated rings. The molecule has 2 amide bonds. The monoisotopic (exact) mass is 557 g/mol. The summed E-state index contributed by atoms with van der Waals surface area (Å²) in [4.78, 5) is 26.9. The van der Waals surface area contributed by atoms with Crippen LogP contribution in [0.2, 0.25) is 0 Å². The van der Waals surface area contributed by atoms with Crippen molar-refractivity contribution in [2.45, 2.75) is 13.2 Å². The van der Waals surface area contributed by atoms with Gasteiger partial charge in [0.25, 0.3) is 11.1 Å². The van der Waals surface area contributed by atoms with E-state index in [9.17, 15) is 9.59 Å². The van der Waals surface area contributed by atoms with Crippen LogP contribution >= 0.6 is 34.4 Å². The Morgan fingerprint density at radius 3 is 2.41 bits per heavy atom. The van der Waals surface area contributed by atoms with Crippen LogP contribution in [0.5, 0.6) is 11.5 Å². The Kier molecular flexibility index (Phi) is 7.16. The lowest BCUT2D eigenvalue weighted by Gasteiger charge is -2.12. The molecule has 0 spiro atoms. The van der Waals surface area contributed by atoms with Gasteiger partial charge in [0, 0.05) is 3.57 Å². The predicted molar refractivity (Wildman–Crippen MR) is 134 cm³/mol. The van der Waals surface area contributed by atoms with E-state index in [4.69, 9.17) is 9.47 Å². The Morgan fingerprint density at radius 1 is 0.938 bits per heavy atom. The molecule has 3 aromatic rings. The Morgan fingerprint density at radius 2 is 1.69 bits per heavy atom. The van der Waals surface area contributed by atoms with Gasteiger partial charge in [0.1, 0.15) is 6.61 Å². The van der Waals surface area contributed by atoms with Gasteiger partial charge in [0.15, 0.2) is 11.5 Å². The molecule has 7 heteroatoms. The quantitative estimate of drug-likeness (QED) is 0.259. The van der Waals surface area contributed by atoms with Crippen LogP contribution in [-0.4, -0.2) is 23.2 Å². The number of rotatable bonds is 7. The minimum absolute atomic E-state index is 0.258. The SMILES string of the molecule is COc1cc(/C=C2/SC(=O)N(Cc3ccc(I)cc3)C2=O)ccc1OCc1ccccc1. The topological polar surface area (TPSA) is 55.8 Å². The number of imide groups is 1. The summed E-state index contributed by atoms with van der Waals surface area (Å²) in [6, 6.07) is 23.1. The van der Waals surface area contributed by atoms with E-state index < -0.39 is 0 Å². The van der Waals surface area contributed by atoms with Crippen molar-refractivity contribution in [3.63, 3.8) is 0 Å². The molecule has 0 radical (unpaired) electrons. The lowest BCUT2D eigenvalue weighted by Crippen LogP contribution is -2.27. The summed E-state index contributed by atoms with van der Waals surface area (Å²) in [5, 5.41) is -0.269. The number of nitrogens with zero attached hydrogens (tertiary/aromatic N) is 1. The molecule has 1 heterocycles. The van der Waals surface area contributed by atoms with Crippen LogP contribution in [0.1, 0.15) is 16.7 Å². The summed E-state index contributed by atoms with van der Waals surface area (Å²) in [5.74, 6) is 0.884. The third-order valence-corrected chi connectivity index (χ3v) is 6.48. The number of ether oxygens (including phenoxy) is 2. The molecule has 0 N–H and O–H groups in total. The largest absolute Gasteiger partial charge is 0.493 e. The number of carbonyl (C=O) groups excluding carboxylic acids is 2. The van der Waals surface area contributed by atoms with Crippen LogP contribution in [0.4, 0.5) is 4.79 Å².